The molecule has 0 saturated heterocycles. The van der Waals surface area contributed by atoms with Crippen molar-refractivity contribution in [3.8, 4) is 0 Å². The van der Waals surface area contributed by atoms with Crippen LogP contribution in [0, 0.1) is 0 Å². The fraction of sp³-hybridized carbons (Fsp3) is 0.455. The zero-order valence-electron chi connectivity index (χ0n) is 24.7. The predicted molar refractivity (Wildman–Crippen MR) is 178 cm³/mol. The van der Waals surface area contributed by atoms with E-state index in [9.17, 15) is 9.59 Å². The van der Waals surface area contributed by atoms with Crippen molar-refractivity contribution in [2.45, 2.75) is 80.9 Å². The van der Waals surface area contributed by atoms with Gasteiger partial charge in [0.25, 0.3) is 0 Å². The number of rotatable bonds is 11. The number of hydrogen-bond acceptors (Lipinski definition) is 7. The molecule has 0 radical (unpaired) electrons. The van der Waals surface area contributed by atoms with E-state index >= 15 is 0 Å². The largest absolute Gasteiger partial charge is 0.362 e. The highest BCUT2D eigenvalue weighted by Gasteiger charge is 2.29. The van der Waals surface area contributed by atoms with Crippen LogP contribution in [0.2, 0.25) is 10.0 Å². The minimum Gasteiger partial charge on any atom is -0.362 e. The molecule has 0 spiro atoms. The lowest BCUT2D eigenvalue weighted by molar-refractivity contribution is -0.121. The Labute approximate surface area is 268 Å². The zero-order chi connectivity index (χ0) is 30.3. The number of fused-ring (bicyclic) bond motifs is 1. The summed E-state index contributed by atoms with van der Waals surface area (Å²) in [6, 6.07) is 14.7. The number of carbonyl (C=O) groups is 2. The number of amides is 1. The molecule has 2 aliphatic carbocycles. The number of anilines is 2. The average molecular weight is 641 g/mol. The molecule has 1 heterocycles. The summed E-state index contributed by atoms with van der Waals surface area (Å²) in [7, 11) is 4.08. The van der Waals surface area contributed by atoms with Gasteiger partial charge in [-0.1, -0.05) is 35.3 Å². The number of nitrogens with zero attached hydrogens (tertiary/aromatic N) is 3. The van der Waals surface area contributed by atoms with E-state index < -0.39 is 5.25 Å². The number of carbonyl (C=O) groups excluding carboxylic acids is 2. The van der Waals surface area contributed by atoms with Crippen molar-refractivity contribution in [2.75, 3.05) is 24.3 Å². The number of halogens is 2. The van der Waals surface area contributed by atoms with Crippen LogP contribution in [0.4, 0.5) is 11.8 Å². The molecule has 1 amide bonds. The van der Waals surface area contributed by atoms with Gasteiger partial charge in [0, 0.05) is 59.5 Å². The Balaban J connectivity index is 1.19. The maximum atomic E-state index is 13.6. The molecule has 0 bridgehead atoms. The number of aryl methyl sites for hydroxylation is 1. The Morgan fingerprint density at radius 1 is 0.907 bits per heavy atom. The quantitative estimate of drug-likeness (QED) is 0.216. The van der Waals surface area contributed by atoms with Gasteiger partial charge in [-0.15, -0.1) is 11.8 Å². The molecule has 2 aromatic carbocycles. The van der Waals surface area contributed by atoms with E-state index in [4.69, 9.17) is 33.2 Å². The van der Waals surface area contributed by atoms with E-state index in [2.05, 4.69) is 15.5 Å². The van der Waals surface area contributed by atoms with Crippen LogP contribution >= 0.6 is 35.0 Å². The number of ketones is 1. The smallest absolute Gasteiger partial charge is 0.233 e. The lowest BCUT2D eigenvalue weighted by Crippen LogP contribution is -2.44. The SMILES string of the molecule is CN(C)c1nc(NC2CCC(NC(=O)C(CC(=O)c3ccc(Cl)cc3)SCc3ccc(Cl)cc3)CC2)nc2c1CCCC2. The fourth-order valence-corrected chi connectivity index (χ4v) is 7.12. The van der Waals surface area contributed by atoms with Crippen LogP contribution in [0.15, 0.2) is 48.5 Å². The van der Waals surface area contributed by atoms with E-state index in [1.165, 1.54) is 35.9 Å². The molecule has 1 atom stereocenters. The first kappa shape index (κ1) is 31.6. The van der Waals surface area contributed by atoms with Gasteiger partial charge in [-0.05, 0) is 93.3 Å². The minimum absolute atomic E-state index is 0.0663. The second kappa shape index (κ2) is 14.8. The van der Waals surface area contributed by atoms with E-state index in [1.807, 2.05) is 38.4 Å². The summed E-state index contributed by atoms with van der Waals surface area (Å²) in [5, 5.41) is 7.58. The van der Waals surface area contributed by atoms with Crippen LogP contribution in [0.3, 0.4) is 0 Å². The Morgan fingerprint density at radius 2 is 1.53 bits per heavy atom. The summed E-state index contributed by atoms with van der Waals surface area (Å²) < 4.78 is 0. The molecule has 2 N–H and O–H groups in total. The molecule has 1 aromatic heterocycles. The van der Waals surface area contributed by atoms with Crippen molar-refractivity contribution in [2.24, 2.45) is 0 Å². The van der Waals surface area contributed by atoms with Gasteiger partial charge in [0.1, 0.15) is 5.82 Å². The molecule has 2 aliphatic rings. The molecular formula is C33H39Cl2N5O2S. The Hall–Kier alpha value is -2.81. The molecule has 1 unspecified atom stereocenters. The average Bonchev–Trinajstić information content (AvgIpc) is 3.00. The lowest BCUT2D eigenvalue weighted by Gasteiger charge is -2.31. The summed E-state index contributed by atoms with van der Waals surface area (Å²) in [6.07, 6.45) is 8.06. The zero-order valence-corrected chi connectivity index (χ0v) is 27.1. The monoisotopic (exact) mass is 639 g/mol. The molecule has 3 aromatic rings. The van der Waals surface area contributed by atoms with Crippen LogP contribution < -0.4 is 15.5 Å². The van der Waals surface area contributed by atoms with Gasteiger partial charge >= 0.3 is 0 Å². The third kappa shape index (κ3) is 8.64. The first-order valence-corrected chi connectivity index (χ1v) is 16.8. The first-order chi connectivity index (χ1) is 20.7. The van der Waals surface area contributed by atoms with Gasteiger partial charge in [0.2, 0.25) is 11.9 Å². The topological polar surface area (TPSA) is 87.2 Å². The van der Waals surface area contributed by atoms with Gasteiger partial charge in [-0.2, -0.15) is 4.98 Å². The summed E-state index contributed by atoms with van der Waals surface area (Å²) in [6.45, 7) is 0. The van der Waals surface area contributed by atoms with E-state index in [-0.39, 0.29) is 30.2 Å². The van der Waals surface area contributed by atoms with Crippen LogP contribution in [-0.2, 0) is 23.4 Å². The maximum absolute atomic E-state index is 13.6. The van der Waals surface area contributed by atoms with E-state index in [1.54, 1.807) is 24.3 Å². The van der Waals surface area contributed by atoms with Crippen LogP contribution in [0.5, 0.6) is 0 Å². The number of hydrogen-bond donors (Lipinski definition) is 2. The van der Waals surface area contributed by atoms with Crippen LogP contribution in [0.1, 0.15) is 72.1 Å². The van der Waals surface area contributed by atoms with Crippen molar-refractivity contribution in [1.82, 2.24) is 15.3 Å². The van der Waals surface area contributed by atoms with Gasteiger partial charge < -0.3 is 15.5 Å². The van der Waals surface area contributed by atoms with Crippen molar-refractivity contribution in [3.05, 3.63) is 81.0 Å². The minimum atomic E-state index is -0.511. The molecule has 10 heteroatoms. The van der Waals surface area contributed by atoms with Crippen LogP contribution in [0.25, 0.3) is 0 Å². The normalized spacial score (nSPS) is 18.8. The number of nitrogens with one attached hydrogen (secondary N) is 2. The van der Waals surface area contributed by atoms with Gasteiger partial charge in [-0.25, -0.2) is 4.98 Å². The van der Waals surface area contributed by atoms with E-state index in [0.717, 1.165) is 49.9 Å². The van der Waals surface area contributed by atoms with Crippen molar-refractivity contribution in [3.63, 3.8) is 0 Å². The summed E-state index contributed by atoms with van der Waals surface area (Å²) in [5.41, 5.74) is 4.07. The molecular weight excluding hydrogens is 601 g/mol. The predicted octanol–water partition coefficient (Wildman–Crippen LogP) is 7.14. The second-order valence-corrected chi connectivity index (χ2v) is 13.7. The number of thioether (sulfide) groups is 1. The fourth-order valence-electron chi connectivity index (χ4n) is 5.79. The summed E-state index contributed by atoms with van der Waals surface area (Å²) in [5.74, 6) is 2.16. The molecule has 228 valence electrons. The number of aromatic nitrogens is 2. The highest BCUT2D eigenvalue weighted by Crippen LogP contribution is 2.30. The summed E-state index contributed by atoms with van der Waals surface area (Å²) >= 11 is 13.5. The molecule has 7 nitrogen and oxygen atoms in total. The molecule has 5 rings (SSSR count). The Bertz CT molecular complexity index is 1410. The standard InChI is InChI=1S/C33H39Cl2N5O2S/c1-40(2)31-27-5-3-4-6-28(27)38-33(39-31)37-26-17-15-25(16-18-26)36-32(42)30(43-20-21-7-11-23(34)12-8-21)19-29(41)22-9-13-24(35)14-10-22/h7-14,25-26,30H,3-6,15-20H2,1-2H3,(H,36,42)(H,37,38,39). The Kier molecular flexibility index (Phi) is 10.9. The number of Topliss-reactive ketones (excluding diaryl/α,β-unsaturated/α-hetero) is 1. The molecule has 1 saturated carbocycles. The van der Waals surface area contributed by atoms with Crippen molar-refractivity contribution in [1.29, 1.82) is 0 Å². The lowest BCUT2D eigenvalue weighted by atomic mass is 9.91. The second-order valence-electron chi connectivity index (χ2n) is 11.7. The van der Waals surface area contributed by atoms with Crippen LogP contribution in [-0.4, -0.2) is 53.1 Å². The third-order valence-corrected chi connectivity index (χ3v) is 9.97. The van der Waals surface area contributed by atoms with Crippen molar-refractivity contribution < 1.29 is 9.59 Å². The van der Waals surface area contributed by atoms with Crippen molar-refractivity contribution >= 4 is 58.4 Å². The Morgan fingerprint density at radius 3 is 2.21 bits per heavy atom. The van der Waals surface area contributed by atoms with Gasteiger partial charge in [-0.3, -0.25) is 9.59 Å². The highest BCUT2D eigenvalue weighted by atomic mass is 35.5. The van der Waals surface area contributed by atoms with E-state index in [0.29, 0.717) is 27.3 Å². The molecule has 0 aliphatic heterocycles. The first-order valence-electron chi connectivity index (χ1n) is 15.0. The molecule has 1 fully saturated rings. The number of benzene rings is 2. The molecule has 43 heavy (non-hydrogen) atoms. The summed E-state index contributed by atoms with van der Waals surface area (Å²) in [4.78, 5) is 38.5. The van der Waals surface area contributed by atoms with Gasteiger partial charge in [0.15, 0.2) is 5.78 Å². The highest BCUT2D eigenvalue weighted by molar-refractivity contribution is 7.99. The van der Waals surface area contributed by atoms with Gasteiger partial charge in [0.05, 0.1) is 10.9 Å². The third-order valence-electron chi connectivity index (χ3n) is 8.19. The maximum Gasteiger partial charge on any atom is 0.233 e.